The average Bonchev–Trinajstić information content (AvgIpc) is 2.47. The zero-order chi connectivity index (χ0) is 12.8. The first-order chi connectivity index (χ1) is 9.34. The molecule has 2 aliphatic rings. The fourth-order valence-corrected chi connectivity index (χ4v) is 4.02. The number of halogens is 1. The smallest absolute Gasteiger partial charge is 0.0213 e. The fourth-order valence-electron chi connectivity index (χ4n) is 3.45. The third-order valence-electron chi connectivity index (χ3n) is 4.36. The summed E-state index contributed by atoms with van der Waals surface area (Å²) in [7, 11) is 0. The van der Waals surface area contributed by atoms with Crippen molar-refractivity contribution in [2.75, 3.05) is 0 Å². The van der Waals surface area contributed by atoms with Crippen LogP contribution < -0.4 is 0 Å². The molecule has 0 bridgehead atoms. The van der Waals surface area contributed by atoms with E-state index in [0.717, 1.165) is 6.42 Å². The minimum atomic E-state index is 1.16. The van der Waals surface area contributed by atoms with Gasteiger partial charge in [-0.05, 0) is 65.1 Å². The monoisotopic (exact) mass is 310 g/mol. The molecular weight excluding hydrogens is 296 g/mol. The van der Waals surface area contributed by atoms with E-state index in [4.69, 9.17) is 0 Å². The molecule has 0 nitrogen and oxygen atoms in total. The number of allylic oxidation sites excluding steroid dienone is 1. The molecule has 0 fully saturated rings. The van der Waals surface area contributed by atoms with Crippen molar-refractivity contribution in [3.05, 3.63) is 63.1 Å². The molecule has 2 aromatic carbocycles. The van der Waals surface area contributed by atoms with Crippen LogP contribution in [0.15, 0.2) is 40.9 Å². The Hall–Kier alpha value is -1.34. The van der Waals surface area contributed by atoms with Gasteiger partial charge < -0.3 is 0 Å². The molecule has 0 aliphatic heterocycles. The highest BCUT2D eigenvalue weighted by Crippen LogP contribution is 2.40. The lowest BCUT2D eigenvalue weighted by Gasteiger charge is -2.25. The van der Waals surface area contributed by atoms with Crippen LogP contribution in [0, 0.1) is 0 Å². The molecule has 0 spiro atoms. The zero-order valence-electron chi connectivity index (χ0n) is 10.7. The van der Waals surface area contributed by atoms with E-state index in [-0.39, 0.29) is 0 Å². The van der Waals surface area contributed by atoms with Crippen molar-refractivity contribution in [1.82, 2.24) is 0 Å². The van der Waals surface area contributed by atoms with Gasteiger partial charge in [-0.15, -0.1) is 0 Å². The van der Waals surface area contributed by atoms with Crippen molar-refractivity contribution in [3.63, 3.8) is 0 Å². The van der Waals surface area contributed by atoms with E-state index >= 15 is 0 Å². The van der Waals surface area contributed by atoms with E-state index in [2.05, 4.69) is 58.4 Å². The van der Waals surface area contributed by atoms with Crippen LogP contribution in [-0.2, 0) is 19.3 Å². The lowest BCUT2D eigenvalue weighted by Crippen LogP contribution is -2.10. The second-order valence-corrected chi connectivity index (χ2v) is 6.22. The van der Waals surface area contributed by atoms with Gasteiger partial charge >= 0.3 is 0 Å². The summed E-state index contributed by atoms with van der Waals surface area (Å²) in [6.07, 6.45) is 9.32. The van der Waals surface area contributed by atoms with Crippen molar-refractivity contribution < 1.29 is 0 Å². The number of rotatable bonds is 0. The molecule has 0 saturated carbocycles. The van der Waals surface area contributed by atoms with Crippen molar-refractivity contribution in [3.8, 4) is 11.1 Å². The number of fused-ring (bicyclic) bond motifs is 5. The van der Waals surface area contributed by atoms with E-state index in [0.29, 0.717) is 0 Å². The second kappa shape index (κ2) is 4.35. The van der Waals surface area contributed by atoms with Gasteiger partial charge in [0.05, 0.1) is 0 Å². The van der Waals surface area contributed by atoms with Crippen LogP contribution in [0.25, 0.3) is 17.2 Å². The standard InChI is InChI=1S/C18H15Br/c19-18-7-3-6-14-16-9-8-12-4-1-2-5-13(12)15(16)10-11-17(14)18/h1,3-4,6-9H,2,5,10-11H2. The molecule has 0 unspecified atom stereocenters. The summed E-state index contributed by atoms with van der Waals surface area (Å²) in [6, 6.07) is 11.2. The second-order valence-electron chi connectivity index (χ2n) is 5.37. The molecule has 0 N–H and O–H groups in total. The van der Waals surface area contributed by atoms with E-state index in [1.807, 2.05) is 0 Å². The van der Waals surface area contributed by atoms with Crippen LogP contribution in [0.1, 0.15) is 28.7 Å². The quantitative estimate of drug-likeness (QED) is 0.629. The number of hydrogen-bond donors (Lipinski definition) is 0. The maximum atomic E-state index is 3.70. The van der Waals surface area contributed by atoms with Gasteiger partial charge in [-0.3, -0.25) is 0 Å². The molecule has 4 rings (SSSR count). The maximum absolute atomic E-state index is 3.70. The van der Waals surface area contributed by atoms with Gasteiger partial charge in [0, 0.05) is 4.47 Å². The summed E-state index contributed by atoms with van der Waals surface area (Å²) in [5.74, 6) is 0. The number of benzene rings is 2. The third kappa shape index (κ3) is 1.72. The Bertz CT molecular complexity index is 695. The van der Waals surface area contributed by atoms with Gasteiger partial charge in [-0.25, -0.2) is 0 Å². The first kappa shape index (κ1) is 11.5. The van der Waals surface area contributed by atoms with Gasteiger partial charge in [0.2, 0.25) is 0 Å². The van der Waals surface area contributed by atoms with E-state index in [9.17, 15) is 0 Å². The van der Waals surface area contributed by atoms with Crippen LogP contribution in [0.4, 0.5) is 0 Å². The average molecular weight is 311 g/mol. The Morgan fingerprint density at radius 3 is 2.58 bits per heavy atom. The Kier molecular flexibility index (Phi) is 2.63. The molecule has 0 heterocycles. The summed E-state index contributed by atoms with van der Waals surface area (Å²) >= 11 is 3.70. The summed E-state index contributed by atoms with van der Waals surface area (Å²) in [5, 5.41) is 0. The highest BCUT2D eigenvalue weighted by Gasteiger charge is 2.21. The molecule has 0 saturated heterocycles. The first-order valence-electron chi connectivity index (χ1n) is 6.93. The Morgan fingerprint density at radius 1 is 0.789 bits per heavy atom. The van der Waals surface area contributed by atoms with E-state index in [1.165, 1.54) is 46.0 Å². The largest absolute Gasteiger partial charge is 0.0836 e. The Balaban J connectivity index is 1.99. The minimum Gasteiger partial charge on any atom is -0.0836 e. The topological polar surface area (TPSA) is 0 Å². The highest BCUT2D eigenvalue weighted by molar-refractivity contribution is 9.10. The molecule has 0 atom stereocenters. The summed E-state index contributed by atoms with van der Waals surface area (Å²) in [4.78, 5) is 0. The minimum absolute atomic E-state index is 1.16. The van der Waals surface area contributed by atoms with Gasteiger partial charge in [-0.2, -0.15) is 0 Å². The maximum Gasteiger partial charge on any atom is 0.0213 e. The van der Waals surface area contributed by atoms with Crippen LogP contribution in [0.5, 0.6) is 0 Å². The van der Waals surface area contributed by atoms with Crippen molar-refractivity contribution in [2.45, 2.75) is 25.7 Å². The molecular formula is C18H15Br. The lowest BCUT2D eigenvalue weighted by molar-refractivity contribution is 0.884. The molecule has 0 radical (unpaired) electrons. The molecule has 19 heavy (non-hydrogen) atoms. The molecule has 2 aliphatic carbocycles. The first-order valence-corrected chi connectivity index (χ1v) is 7.73. The normalized spacial score (nSPS) is 15.6. The molecule has 0 aromatic heterocycles. The van der Waals surface area contributed by atoms with Gasteiger partial charge in [-0.1, -0.05) is 52.3 Å². The van der Waals surface area contributed by atoms with Crippen LogP contribution in [0.3, 0.4) is 0 Å². The zero-order valence-corrected chi connectivity index (χ0v) is 12.3. The van der Waals surface area contributed by atoms with Crippen molar-refractivity contribution >= 4 is 22.0 Å². The van der Waals surface area contributed by atoms with Crippen molar-refractivity contribution in [2.24, 2.45) is 0 Å². The fraction of sp³-hybridized carbons (Fsp3) is 0.222. The van der Waals surface area contributed by atoms with E-state index < -0.39 is 0 Å². The van der Waals surface area contributed by atoms with Crippen LogP contribution >= 0.6 is 15.9 Å². The van der Waals surface area contributed by atoms with Crippen LogP contribution in [-0.4, -0.2) is 0 Å². The molecule has 2 aromatic rings. The third-order valence-corrected chi connectivity index (χ3v) is 5.10. The number of hydrogen-bond acceptors (Lipinski definition) is 0. The summed E-state index contributed by atoms with van der Waals surface area (Å²) in [6.45, 7) is 0. The predicted octanol–water partition coefficient (Wildman–Crippen LogP) is 5.17. The molecule has 1 heteroatoms. The van der Waals surface area contributed by atoms with Gasteiger partial charge in [0.15, 0.2) is 0 Å². The van der Waals surface area contributed by atoms with E-state index in [1.54, 1.807) is 11.1 Å². The Morgan fingerprint density at radius 2 is 1.63 bits per heavy atom. The predicted molar refractivity (Wildman–Crippen MR) is 84.3 cm³/mol. The van der Waals surface area contributed by atoms with Gasteiger partial charge in [0.25, 0.3) is 0 Å². The van der Waals surface area contributed by atoms with Gasteiger partial charge in [0.1, 0.15) is 0 Å². The Labute approximate surface area is 122 Å². The molecule has 94 valence electrons. The molecule has 0 amide bonds. The summed E-state index contributed by atoms with van der Waals surface area (Å²) in [5.41, 5.74) is 8.97. The lowest BCUT2D eigenvalue weighted by atomic mass is 9.80. The van der Waals surface area contributed by atoms with Crippen LogP contribution in [0.2, 0.25) is 0 Å². The highest BCUT2D eigenvalue weighted by atomic mass is 79.9. The summed E-state index contributed by atoms with van der Waals surface area (Å²) < 4.78 is 1.26. The SMILES string of the molecule is Brc1cccc2c1CCc1c-2ccc2c1CCC=C2. The van der Waals surface area contributed by atoms with Crippen molar-refractivity contribution in [1.29, 1.82) is 0 Å².